The second-order valence-electron chi connectivity index (χ2n) is 5.27. The Labute approximate surface area is 142 Å². The molecular formula is C18H13FN4S. The molecule has 0 spiro atoms. The number of benzene rings is 2. The highest BCUT2D eigenvalue weighted by Crippen LogP contribution is 2.30. The molecule has 0 atom stereocenters. The number of halogens is 1. The van der Waals surface area contributed by atoms with Gasteiger partial charge in [-0.05, 0) is 29.8 Å². The van der Waals surface area contributed by atoms with Gasteiger partial charge in [0.25, 0.3) is 0 Å². The molecule has 2 aromatic heterocycles. The van der Waals surface area contributed by atoms with Crippen LogP contribution in [0.4, 0.5) is 4.39 Å². The zero-order valence-corrected chi connectivity index (χ0v) is 13.4. The lowest BCUT2D eigenvalue weighted by molar-refractivity contribution is 0.626. The van der Waals surface area contributed by atoms with Crippen LogP contribution in [0, 0.1) is 5.82 Å². The van der Waals surface area contributed by atoms with Crippen LogP contribution < -0.4 is 0 Å². The molecule has 0 aliphatic heterocycles. The van der Waals surface area contributed by atoms with Crippen molar-refractivity contribution in [1.29, 1.82) is 0 Å². The maximum atomic E-state index is 13.0. The predicted octanol–water partition coefficient (Wildman–Crippen LogP) is 4.16. The van der Waals surface area contributed by atoms with E-state index in [1.54, 1.807) is 18.5 Å². The summed E-state index contributed by atoms with van der Waals surface area (Å²) < 4.78 is 15.0. The van der Waals surface area contributed by atoms with Gasteiger partial charge < -0.3 is 4.57 Å². The molecule has 0 aliphatic carbocycles. The van der Waals surface area contributed by atoms with Crippen molar-refractivity contribution < 1.29 is 4.39 Å². The van der Waals surface area contributed by atoms with Gasteiger partial charge in [-0.2, -0.15) is 0 Å². The summed E-state index contributed by atoms with van der Waals surface area (Å²) in [5.74, 6) is -0.251. The van der Waals surface area contributed by atoms with Crippen molar-refractivity contribution in [1.82, 2.24) is 19.5 Å². The van der Waals surface area contributed by atoms with E-state index in [1.807, 2.05) is 22.8 Å². The van der Waals surface area contributed by atoms with E-state index in [-0.39, 0.29) is 5.82 Å². The van der Waals surface area contributed by atoms with Crippen molar-refractivity contribution in [3.8, 4) is 0 Å². The molecule has 4 rings (SSSR count). The Balaban J connectivity index is 1.67. The largest absolute Gasteiger partial charge is 0.311 e. The second-order valence-corrected chi connectivity index (χ2v) is 6.33. The number of imidazole rings is 1. The molecule has 24 heavy (non-hydrogen) atoms. The van der Waals surface area contributed by atoms with Crippen molar-refractivity contribution in [2.24, 2.45) is 0 Å². The van der Waals surface area contributed by atoms with Crippen molar-refractivity contribution >= 4 is 22.9 Å². The third kappa shape index (κ3) is 3.00. The molecule has 2 heterocycles. The van der Waals surface area contributed by atoms with E-state index in [2.05, 4.69) is 27.1 Å². The quantitative estimate of drug-likeness (QED) is 0.525. The van der Waals surface area contributed by atoms with Crippen LogP contribution in [-0.2, 0) is 6.54 Å². The molecule has 0 saturated heterocycles. The highest BCUT2D eigenvalue weighted by Gasteiger charge is 2.11. The summed E-state index contributed by atoms with van der Waals surface area (Å²) in [6.45, 7) is 0.703. The maximum absolute atomic E-state index is 13.0. The highest BCUT2D eigenvalue weighted by atomic mass is 32.2. The molecule has 0 radical (unpaired) electrons. The molecule has 0 N–H and O–H groups in total. The Bertz CT molecular complexity index is 967. The van der Waals surface area contributed by atoms with Crippen LogP contribution in [0.25, 0.3) is 11.2 Å². The number of nitrogens with zero attached hydrogens (tertiary/aromatic N) is 4. The lowest BCUT2D eigenvalue weighted by atomic mass is 10.2. The average Bonchev–Trinajstić information content (AvgIpc) is 3.02. The molecule has 0 amide bonds. The van der Waals surface area contributed by atoms with Gasteiger partial charge in [0.1, 0.15) is 22.7 Å². The van der Waals surface area contributed by atoms with Crippen molar-refractivity contribution in [3.05, 3.63) is 78.6 Å². The molecule has 118 valence electrons. The standard InChI is InChI=1S/C18H13FN4S/c19-14-6-8-15(9-7-14)24-18-16-17(20-11-21-18)23(12-22-16)10-13-4-2-1-3-5-13/h1-9,11-12H,10H2. The maximum Gasteiger partial charge on any atom is 0.164 e. The van der Waals surface area contributed by atoms with Gasteiger partial charge in [0.05, 0.1) is 12.9 Å². The fourth-order valence-corrected chi connectivity index (χ4v) is 3.28. The lowest BCUT2D eigenvalue weighted by Crippen LogP contribution is -1.99. The summed E-state index contributed by atoms with van der Waals surface area (Å²) >= 11 is 1.45. The Kier molecular flexibility index (Phi) is 3.96. The summed E-state index contributed by atoms with van der Waals surface area (Å²) in [7, 11) is 0. The SMILES string of the molecule is Fc1ccc(Sc2ncnc3c2ncn3Cc2ccccc2)cc1. The van der Waals surface area contributed by atoms with E-state index in [0.29, 0.717) is 6.54 Å². The van der Waals surface area contributed by atoms with Crippen molar-refractivity contribution in [2.45, 2.75) is 16.5 Å². The fourth-order valence-electron chi connectivity index (χ4n) is 2.44. The fraction of sp³-hybridized carbons (Fsp3) is 0.0556. The van der Waals surface area contributed by atoms with Crippen molar-refractivity contribution in [2.75, 3.05) is 0 Å². The highest BCUT2D eigenvalue weighted by molar-refractivity contribution is 7.99. The summed E-state index contributed by atoms with van der Waals surface area (Å²) in [5.41, 5.74) is 2.73. The molecule has 4 aromatic rings. The van der Waals surface area contributed by atoms with Crippen LogP contribution in [0.2, 0.25) is 0 Å². The first-order chi connectivity index (χ1) is 11.8. The number of hydrogen-bond acceptors (Lipinski definition) is 4. The summed E-state index contributed by atoms with van der Waals surface area (Å²) in [4.78, 5) is 14.1. The molecule has 4 nitrogen and oxygen atoms in total. The van der Waals surface area contributed by atoms with Crippen molar-refractivity contribution in [3.63, 3.8) is 0 Å². The van der Waals surface area contributed by atoms with Gasteiger partial charge in [-0.25, -0.2) is 19.3 Å². The van der Waals surface area contributed by atoms with E-state index in [4.69, 9.17) is 0 Å². The van der Waals surface area contributed by atoms with Gasteiger partial charge in [-0.3, -0.25) is 0 Å². The third-order valence-corrected chi connectivity index (χ3v) is 4.59. The Morgan fingerprint density at radius 1 is 0.917 bits per heavy atom. The van der Waals surface area contributed by atoms with E-state index in [9.17, 15) is 4.39 Å². The monoisotopic (exact) mass is 336 g/mol. The predicted molar refractivity (Wildman–Crippen MR) is 91.4 cm³/mol. The summed E-state index contributed by atoms with van der Waals surface area (Å²) in [6.07, 6.45) is 3.32. The first-order valence-corrected chi connectivity index (χ1v) is 8.24. The number of hydrogen-bond donors (Lipinski definition) is 0. The van der Waals surface area contributed by atoms with Crippen LogP contribution in [0.3, 0.4) is 0 Å². The zero-order chi connectivity index (χ0) is 16.4. The van der Waals surface area contributed by atoms with E-state index in [1.165, 1.54) is 35.8 Å². The van der Waals surface area contributed by atoms with Gasteiger partial charge in [0.2, 0.25) is 0 Å². The molecule has 2 aromatic carbocycles. The molecule has 0 bridgehead atoms. The van der Waals surface area contributed by atoms with Crippen LogP contribution in [0.1, 0.15) is 5.56 Å². The minimum atomic E-state index is -0.251. The van der Waals surface area contributed by atoms with Crippen LogP contribution in [0.5, 0.6) is 0 Å². The Hall–Kier alpha value is -2.73. The summed E-state index contributed by atoms with van der Waals surface area (Å²) in [5, 5.41) is 0.762. The average molecular weight is 336 g/mol. The molecule has 0 saturated carbocycles. The molecule has 6 heteroatoms. The Morgan fingerprint density at radius 2 is 1.71 bits per heavy atom. The van der Waals surface area contributed by atoms with Gasteiger partial charge in [-0.15, -0.1) is 0 Å². The molecular weight excluding hydrogens is 323 g/mol. The van der Waals surface area contributed by atoms with E-state index >= 15 is 0 Å². The van der Waals surface area contributed by atoms with Crippen LogP contribution >= 0.6 is 11.8 Å². The van der Waals surface area contributed by atoms with E-state index < -0.39 is 0 Å². The topological polar surface area (TPSA) is 43.6 Å². The minimum Gasteiger partial charge on any atom is -0.311 e. The molecule has 0 aliphatic rings. The first kappa shape index (κ1) is 14.8. The minimum absolute atomic E-state index is 0.251. The van der Waals surface area contributed by atoms with Gasteiger partial charge in [0, 0.05) is 4.90 Å². The number of rotatable bonds is 4. The van der Waals surface area contributed by atoms with Gasteiger partial charge in [-0.1, -0.05) is 42.1 Å². The van der Waals surface area contributed by atoms with Gasteiger partial charge in [0.15, 0.2) is 5.65 Å². The first-order valence-electron chi connectivity index (χ1n) is 7.43. The molecule has 0 unspecified atom stereocenters. The third-order valence-electron chi connectivity index (χ3n) is 3.59. The van der Waals surface area contributed by atoms with Crippen LogP contribution in [0.15, 0.2) is 77.2 Å². The Morgan fingerprint density at radius 3 is 2.50 bits per heavy atom. The second kappa shape index (κ2) is 6.41. The molecule has 0 fully saturated rings. The smallest absolute Gasteiger partial charge is 0.164 e. The zero-order valence-electron chi connectivity index (χ0n) is 12.6. The van der Waals surface area contributed by atoms with Crippen LogP contribution in [-0.4, -0.2) is 19.5 Å². The number of fused-ring (bicyclic) bond motifs is 1. The summed E-state index contributed by atoms with van der Waals surface area (Å²) in [6, 6.07) is 16.5. The number of aromatic nitrogens is 4. The normalized spacial score (nSPS) is 11.0. The lowest BCUT2D eigenvalue weighted by Gasteiger charge is -2.05. The van der Waals surface area contributed by atoms with E-state index in [0.717, 1.165) is 21.1 Å². The van der Waals surface area contributed by atoms with Gasteiger partial charge >= 0.3 is 0 Å².